The fourth-order valence-corrected chi connectivity index (χ4v) is 4.92. The van der Waals surface area contributed by atoms with Crippen LogP contribution in [0.4, 0.5) is 4.79 Å². The molecule has 2 saturated carbocycles. The number of aliphatic hydroxyl groups excluding tert-OH is 1. The van der Waals surface area contributed by atoms with Crippen molar-refractivity contribution in [3.63, 3.8) is 0 Å². The third kappa shape index (κ3) is 5.37. The van der Waals surface area contributed by atoms with Crippen LogP contribution in [0.25, 0.3) is 0 Å². The quantitative estimate of drug-likeness (QED) is 0.370. The summed E-state index contributed by atoms with van der Waals surface area (Å²) in [6.07, 6.45) is 3.84. The number of β-amino-alcohol motifs (C(OH)–C–C–N with tert-alkyl or cyclic N) is 1. The molecule has 5 atom stereocenters. The van der Waals surface area contributed by atoms with Gasteiger partial charge in [-0.3, -0.25) is 9.59 Å². The molecule has 34 heavy (non-hydrogen) atoms. The maximum atomic E-state index is 13.6. The first-order chi connectivity index (χ1) is 15.9. The Balaban J connectivity index is 1.74. The summed E-state index contributed by atoms with van der Waals surface area (Å²) >= 11 is 0. The molecule has 0 bridgehead atoms. The number of alkyl carbamates (subject to hydrolysis) is 1. The predicted octanol–water partition coefficient (Wildman–Crippen LogP) is 1.27. The van der Waals surface area contributed by atoms with E-state index in [4.69, 9.17) is 9.47 Å². The fraction of sp³-hybridized carbons (Fsp3) is 0.750. The van der Waals surface area contributed by atoms with Crippen LogP contribution in [0.2, 0.25) is 0 Å². The van der Waals surface area contributed by atoms with E-state index >= 15 is 0 Å². The second-order valence-electron chi connectivity index (χ2n) is 10.6. The number of methoxy groups -OCH3 is 1. The summed E-state index contributed by atoms with van der Waals surface area (Å²) in [7, 11) is 1.24. The first-order valence-electron chi connectivity index (χ1n) is 11.9. The number of hydrogen-bond acceptors (Lipinski definition) is 7. The summed E-state index contributed by atoms with van der Waals surface area (Å²) in [6.45, 7) is 9.05. The third-order valence-electron chi connectivity index (χ3n) is 7.01. The van der Waals surface area contributed by atoms with Gasteiger partial charge in [0.2, 0.25) is 11.8 Å². The van der Waals surface area contributed by atoms with Gasteiger partial charge in [0.1, 0.15) is 23.7 Å². The number of rotatable bonds is 7. The van der Waals surface area contributed by atoms with Crippen LogP contribution in [0.5, 0.6) is 0 Å². The summed E-state index contributed by atoms with van der Waals surface area (Å²) in [4.78, 5) is 52.9. The van der Waals surface area contributed by atoms with Crippen molar-refractivity contribution in [3.05, 3.63) is 12.7 Å². The van der Waals surface area contributed by atoms with Crippen LogP contribution in [0.1, 0.15) is 59.3 Å². The van der Waals surface area contributed by atoms with Crippen LogP contribution in [0.3, 0.4) is 0 Å². The second kappa shape index (κ2) is 9.93. The Morgan fingerprint density at radius 1 is 1.21 bits per heavy atom. The Kier molecular flexibility index (Phi) is 7.59. The number of carbonyl (C=O) groups excluding carboxylic acids is 4. The van der Waals surface area contributed by atoms with Crippen LogP contribution in [-0.4, -0.2) is 77.4 Å². The van der Waals surface area contributed by atoms with Crippen LogP contribution in [0, 0.1) is 11.3 Å². The molecule has 0 unspecified atom stereocenters. The molecule has 190 valence electrons. The number of esters is 1. The number of carbonyl (C=O) groups is 4. The molecule has 2 aliphatic carbocycles. The van der Waals surface area contributed by atoms with E-state index in [1.807, 2.05) is 0 Å². The fourth-order valence-electron chi connectivity index (χ4n) is 4.92. The number of ether oxygens (including phenoxy) is 2. The van der Waals surface area contributed by atoms with E-state index in [-0.39, 0.29) is 25.0 Å². The largest absolute Gasteiger partial charge is 0.467 e. The van der Waals surface area contributed by atoms with Gasteiger partial charge in [-0.05, 0) is 37.5 Å². The van der Waals surface area contributed by atoms with E-state index in [0.29, 0.717) is 6.42 Å². The van der Waals surface area contributed by atoms with Gasteiger partial charge < -0.3 is 30.1 Å². The molecular weight excluding hydrogens is 442 g/mol. The lowest BCUT2D eigenvalue weighted by Crippen LogP contribution is -2.59. The van der Waals surface area contributed by atoms with Gasteiger partial charge in [0, 0.05) is 18.9 Å². The summed E-state index contributed by atoms with van der Waals surface area (Å²) in [5, 5.41) is 15.7. The monoisotopic (exact) mass is 479 g/mol. The van der Waals surface area contributed by atoms with Gasteiger partial charge in [-0.2, -0.15) is 0 Å². The zero-order chi connectivity index (χ0) is 25.3. The minimum Gasteiger partial charge on any atom is -0.467 e. The molecule has 0 aromatic heterocycles. The molecule has 3 aliphatic rings. The summed E-state index contributed by atoms with van der Waals surface area (Å²) < 4.78 is 10.3. The molecule has 1 saturated heterocycles. The van der Waals surface area contributed by atoms with Crippen molar-refractivity contribution in [1.29, 1.82) is 0 Å². The minimum absolute atomic E-state index is 0.0248. The third-order valence-corrected chi connectivity index (χ3v) is 7.01. The highest BCUT2D eigenvalue weighted by molar-refractivity contribution is 5.96. The zero-order valence-corrected chi connectivity index (χ0v) is 20.5. The van der Waals surface area contributed by atoms with Crippen molar-refractivity contribution in [3.8, 4) is 0 Å². The number of nitrogens with zero attached hydrogens (tertiary/aromatic N) is 1. The Hall–Kier alpha value is -2.62. The second-order valence-corrected chi connectivity index (χ2v) is 10.6. The van der Waals surface area contributed by atoms with Crippen molar-refractivity contribution < 1.29 is 33.8 Å². The summed E-state index contributed by atoms with van der Waals surface area (Å²) in [6, 6.07) is -1.97. The molecule has 3 N–H and O–H groups in total. The molecule has 3 fully saturated rings. The molecule has 1 heterocycles. The first-order valence-corrected chi connectivity index (χ1v) is 11.9. The summed E-state index contributed by atoms with van der Waals surface area (Å²) in [5.41, 5.74) is -1.89. The minimum atomic E-state index is -1.21. The van der Waals surface area contributed by atoms with E-state index in [2.05, 4.69) is 17.2 Å². The average molecular weight is 480 g/mol. The van der Waals surface area contributed by atoms with E-state index in [1.165, 1.54) is 12.0 Å². The van der Waals surface area contributed by atoms with Crippen LogP contribution >= 0.6 is 0 Å². The highest BCUT2D eigenvalue weighted by Crippen LogP contribution is 2.45. The molecule has 10 heteroatoms. The molecule has 10 nitrogen and oxygen atoms in total. The topological polar surface area (TPSA) is 134 Å². The lowest BCUT2D eigenvalue weighted by molar-refractivity contribution is -0.148. The van der Waals surface area contributed by atoms with E-state index < -0.39 is 53.0 Å². The van der Waals surface area contributed by atoms with Crippen molar-refractivity contribution in [2.75, 3.05) is 13.7 Å². The van der Waals surface area contributed by atoms with Gasteiger partial charge in [0.25, 0.3) is 0 Å². The predicted molar refractivity (Wildman–Crippen MR) is 122 cm³/mol. The molecule has 0 aromatic carbocycles. The van der Waals surface area contributed by atoms with E-state index in [1.54, 1.807) is 26.8 Å². The zero-order valence-electron chi connectivity index (χ0n) is 20.5. The number of hydrogen-bond donors (Lipinski definition) is 3. The average Bonchev–Trinajstić information content (AvgIpc) is 3.07. The number of nitrogens with one attached hydrogen (secondary N) is 2. The van der Waals surface area contributed by atoms with Gasteiger partial charge in [0.15, 0.2) is 0 Å². The maximum Gasteiger partial charge on any atom is 0.408 e. The molecule has 1 aliphatic heterocycles. The lowest BCUT2D eigenvalue weighted by atomic mass is 9.85. The van der Waals surface area contributed by atoms with Crippen LogP contribution in [-0.2, 0) is 23.9 Å². The summed E-state index contributed by atoms with van der Waals surface area (Å²) in [5.74, 6) is -1.89. The smallest absolute Gasteiger partial charge is 0.408 e. The van der Waals surface area contributed by atoms with E-state index in [9.17, 15) is 24.3 Å². The SMILES string of the molecule is C=C[C@@H]1C[C@]1(NC(=O)[C@@H]1C[C@H](O)CN1C(=O)[C@@H](NC(=O)OC1CCCC1)C(C)(C)C)C(=O)OC. The van der Waals surface area contributed by atoms with Gasteiger partial charge in [-0.15, -0.1) is 6.58 Å². The number of aliphatic hydroxyl groups is 1. The van der Waals surface area contributed by atoms with Crippen molar-refractivity contribution >= 4 is 23.9 Å². The van der Waals surface area contributed by atoms with E-state index in [0.717, 1.165) is 25.7 Å². The molecular formula is C24H37N3O7. The lowest BCUT2D eigenvalue weighted by Gasteiger charge is -2.35. The van der Waals surface area contributed by atoms with Crippen LogP contribution < -0.4 is 10.6 Å². The van der Waals surface area contributed by atoms with Gasteiger partial charge in [-0.25, -0.2) is 9.59 Å². The normalized spacial score (nSPS) is 29.8. The van der Waals surface area contributed by atoms with Gasteiger partial charge in [0.05, 0.1) is 13.2 Å². The Morgan fingerprint density at radius 2 is 1.85 bits per heavy atom. The van der Waals surface area contributed by atoms with Crippen molar-refractivity contribution in [1.82, 2.24) is 15.5 Å². The Morgan fingerprint density at radius 3 is 2.38 bits per heavy atom. The maximum absolute atomic E-state index is 13.6. The standard InChI is InChI=1S/C24H37N3O7/c1-6-14-12-24(14,21(31)33-5)26-19(29)17-11-15(28)13-27(17)20(30)18(23(2,3)4)25-22(32)34-16-9-7-8-10-16/h6,14-18,28H,1,7-13H2,2-5H3,(H,25,32)(H,26,29)/t14-,15+,17+,18-,24-/m1/s1. The number of amides is 3. The van der Waals surface area contributed by atoms with Crippen molar-refractivity contribution in [2.24, 2.45) is 11.3 Å². The molecule has 0 aromatic rings. The number of likely N-dealkylation sites (tertiary alicyclic amines) is 1. The molecule has 3 amide bonds. The first kappa shape index (κ1) is 26.0. The van der Waals surface area contributed by atoms with Crippen molar-refractivity contribution in [2.45, 2.75) is 89.1 Å². The Labute approximate surface area is 200 Å². The van der Waals surface area contributed by atoms with Gasteiger partial charge in [-0.1, -0.05) is 26.8 Å². The highest BCUT2D eigenvalue weighted by Gasteiger charge is 2.62. The molecule has 0 radical (unpaired) electrons. The molecule has 0 spiro atoms. The van der Waals surface area contributed by atoms with Crippen LogP contribution in [0.15, 0.2) is 12.7 Å². The van der Waals surface area contributed by atoms with Gasteiger partial charge >= 0.3 is 12.1 Å². The molecule has 3 rings (SSSR count). The Bertz CT molecular complexity index is 833. The highest BCUT2D eigenvalue weighted by atomic mass is 16.6.